The van der Waals surface area contributed by atoms with Crippen molar-refractivity contribution in [2.24, 2.45) is 65.1 Å². The highest BCUT2D eigenvalue weighted by Crippen LogP contribution is 2.35. The summed E-state index contributed by atoms with van der Waals surface area (Å²) in [5.41, 5.74) is 6.45. The third kappa shape index (κ3) is 40.6. The van der Waals surface area contributed by atoms with Crippen LogP contribution in [-0.2, 0) is 0 Å². The summed E-state index contributed by atoms with van der Waals surface area (Å²) in [4.78, 5) is 0. The van der Waals surface area contributed by atoms with Gasteiger partial charge in [0.15, 0.2) is 0 Å². The molecule has 8 fully saturated rings. The van der Waals surface area contributed by atoms with E-state index in [1.165, 1.54) is 150 Å². The van der Waals surface area contributed by atoms with Crippen molar-refractivity contribution in [1.29, 1.82) is 0 Å². The van der Waals surface area contributed by atoms with Gasteiger partial charge in [0, 0.05) is 5.92 Å². The highest BCUT2D eigenvalue weighted by molar-refractivity contribution is 5.01. The van der Waals surface area contributed by atoms with E-state index in [1.807, 2.05) is 25.2 Å². The first-order chi connectivity index (χ1) is 41.7. The Morgan fingerprint density at radius 3 is 1.25 bits per heavy atom. The Labute approximate surface area is 543 Å². The maximum atomic E-state index is 9.62. The molecule has 8 saturated carbocycles. The van der Waals surface area contributed by atoms with Gasteiger partial charge in [0.2, 0.25) is 0 Å². The number of rotatable bonds is 14. The Balaban J connectivity index is 0.000000503. The number of aliphatic hydroxyl groups is 8. The van der Waals surface area contributed by atoms with E-state index in [4.69, 9.17) is 0 Å². The van der Waals surface area contributed by atoms with E-state index in [0.29, 0.717) is 53.3 Å². The first kappa shape index (κ1) is 83.6. The van der Waals surface area contributed by atoms with Gasteiger partial charge in [-0.25, -0.2) is 0 Å². The van der Waals surface area contributed by atoms with Gasteiger partial charge in [-0.1, -0.05) is 137 Å². The van der Waals surface area contributed by atoms with Crippen LogP contribution < -0.4 is 0 Å². The molecule has 8 nitrogen and oxygen atoms in total. The van der Waals surface area contributed by atoms with E-state index in [1.54, 1.807) is 0 Å². The lowest BCUT2D eigenvalue weighted by Gasteiger charge is -2.30. The SMILES string of the molecule is C=C(C)CC1CCC(O)CC1.C=C(C)CC1CCCC(O)C1.C=C(C)CC1CCCCC1O.C=CC(C)C1CCC(O)CC1.C=CC(C)C1CCCC(O)C1.C=CC(C)C1CCCCC1O.CC(C)=CC1CCCC(O)C1.CC(C)=CC1CCCCC1O. The number of hydrogen-bond donors (Lipinski definition) is 8. The van der Waals surface area contributed by atoms with Gasteiger partial charge in [-0.2, -0.15) is 0 Å². The predicted molar refractivity (Wildman–Crippen MR) is 379 cm³/mol. The third-order valence-corrected chi connectivity index (χ3v) is 20.4. The van der Waals surface area contributed by atoms with E-state index in [0.717, 1.165) is 115 Å². The lowest BCUT2D eigenvalue weighted by Crippen LogP contribution is -2.28. The lowest BCUT2D eigenvalue weighted by molar-refractivity contribution is 0.0518. The first-order valence-electron chi connectivity index (χ1n) is 36.2. The summed E-state index contributed by atoms with van der Waals surface area (Å²) in [5, 5.41) is 75.4. The molecule has 0 aromatic heterocycles. The number of allylic oxidation sites excluding steroid dienone is 9. The molecule has 0 amide bonds. The van der Waals surface area contributed by atoms with E-state index in [2.05, 4.69) is 114 Å². The summed E-state index contributed by atoms with van der Waals surface area (Å²) < 4.78 is 0. The van der Waals surface area contributed by atoms with Crippen molar-refractivity contribution in [3.8, 4) is 0 Å². The summed E-state index contributed by atoms with van der Waals surface area (Å²) >= 11 is 0. The summed E-state index contributed by atoms with van der Waals surface area (Å²) in [7, 11) is 0. The van der Waals surface area contributed by atoms with Crippen molar-refractivity contribution in [1.82, 2.24) is 0 Å². The van der Waals surface area contributed by atoms with Crippen molar-refractivity contribution in [2.45, 2.75) is 343 Å². The molecule has 0 heterocycles. The van der Waals surface area contributed by atoms with Gasteiger partial charge in [0.1, 0.15) is 0 Å². The van der Waals surface area contributed by atoms with Gasteiger partial charge in [0.25, 0.3) is 0 Å². The minimum Gasteiger partial charge on any atom is -0.393 e. The molecule has 8 aliphatic carbocycles. The largest absolute Gasteiger partial charge is 0.393 e. The van der Waals surface area contributed by atoms with Crippen molar-refractivity contribution in [2.75, 3.05) is 0 Å². The molecule has 88 heavy (non-hydrogen) atoms. The van der Waals surface area contributed by atoms with Crippen LogP contribution in [-0.4, -0.2) is 89.7 Å². The van der Waals surface area contributed by atoms with E-state index < -0.39 is 0 Å². The maximum absolute atomic E-state index is 9.62. The van der Waals surface area contributed by atoms with Crippen LogP contribution in [0.25, 0.3) is 0 Å². The molecule has 8 heteroatoms. The second-order valence-electron chi connectivity index (χ2n) is 30.0. The minimum atomic E-state index is -0.0725. The van der Waals surface area contributed by atoms with E-state index in [-0.39, 0.29) is 48.8 Å². The second kappa shape index (κ2) is 49.2. The van der Waals surface area contributed by atoms with Gasteiger partial charge in [-0.05, 0) is 275 Å². The molecule has 0 aromatic carbocycles. The molecule has 15 unspecified atom stereocenters. The van der Waals surface area contributed by atoms with Crippen LogP contribution in [0.3, 0.4) is 0 Å². The zero-order valence-corrected chi connectivity index (χ0v) is 58.9. The summed E-state index contributed by atoms with van der Waals surface area (Å²) in [6, 6.07) is 0. The zero-order chi connectivity index (χ0) is 66.1. The van der Waals surface area contributed by atoms with Crippen molar-refractivity contribution < 1.29 is 40.9 Å². The fraction of sp³-hybridized carbons (Fsp3) is 0.800. The quantitative estimate of drug-likeness (QED) is 0.0798. The van der Waals surface area contributed by atoms with Crippen molar-refractivity contribution >= 4 is 0 Å². The Bertz CT molecular complexity index is 1900. The van der Waals surface area contributed by atoms with E-state index >= 15 is 0 Å². The predicted octanol–water partition coefficient (Wildman–Crippen LogP) is 19.6. The molecule has 0 bridgehead atoms. The molecule has 0 aromatic rings. The van der Waals surface area contributed by atoms with Crippen LogP contribution in [0.4, 0.5) is 0 Å². The van der Waals surface area contributed by atoms with Crippen LogP contribution in [0.5, 0.6) is 0 Å². The molecule has 0 spiro atoms. The Morgan fingerprint density at radius 1 is 0.352 bits per heavy atom. The fourth-order valence-electron chi connectivity index (χ4n) is 14.9. The standard InChI is InChI=1S/8C10H18O/c1-8(2)7-9-3-5-10(11)6-4-9;2*1-8(2)6-9-4-3-5-10(11)7-9;2*1-8(2)7-9-5-3-4-6-10(9)11;1-3-8(2)9-4-6-10(11)7-5-9;1-3-8(2)9-5-4-6-10(11)7-9;1-3-8(2)9-6-4-5-7-10(9)11/h9-11H,1,3-7H2,2H3;6,9-11H,3-5,7H2,1-2H3;9-11H,1,3-7H2,2H3;7,9-11H,3-6H2,1-2H3;9-11H,1,3-7H2,2H3;3*3,8-11H,1,4-7H2,2H3. The summed E-state index contributed by atoms with van der Waals surface area (Å²) in [5.74, 6) is 6.69. The average molecular weight is 1230 g/mol. The highest BCUT2D eigenvalue weighted by Gasteiger charge is 2.28. The first-order valence-corrected chi connectivity index (χ1v) is 36.2. The van der Waals surface area contributed by atoms with Gasteiger partial charge in [0.05, 0.1) is 48.8 Å². The van der Waals surface area contributed by atoms with Crippen LogP contribution in [0.2, 0.25) is 0 Å². The molecule has 512 valence electrons. The summed E-state index contributed by atoms with van der Waals surface area (Å²) in [6.45, 7) is 44.2. The molecular formula is C80H144O8. The van der Waals surface area contributed by atoms with Crippen LogP contribution in [0, 0.1) is 65.1 Å². The number of hydrogen-bond acceptors (Lipinski definition) is 8. The summed E-state index contributed by atoms with van der Waals surface area (Å²) in [6.07, 6.45) is 49.4. The van der Waals surface area contributed by atoms with Crippen LogP contribution in [0.1, 0.15) is 294 Å². The molecule has 8 N–H and O–H groups in total. The zero-order valence-electron chi connectivity index (χ0n) is 58.9. The smallest absolute Gasteiger partial charge is 0.0602 e. The Kier molecular flexibility index (Phi) is 46.8. The molecule has 0 saturated heterocycles. The third-order valence-electron chi connectivity index (χ3n) is 20.4. The van der Waals surface area contributed by atoms with Crippen LogP contribution in [0.15, 0.2) is 97.7 Å². The topological polar surface area (TPSA) is 162 Å². The van der Waals surface area contributed by atoms with Crippen LogP contribution >= 0.6 is 0 Å². The van der Waals surface area contributed by atoms with Gasteiger partial charge in [-0.3, -0.25) is 0 Å². The normalized spacial score (nSPS) is 32.8. The van der Waals surface area contributed by atoms with Gasteiger partial charge in [-0.15, -0.1) is 39.5 Å². The monoisotopic (exact) mass is 1230 g/mol. The molecular weight excluding hydrogens is 1090 g/mol. The highest BCUT2D eigenvalue weighted by atomic mass is 16.3. The maximum Gasteiger partial charge on any atom is 0.0602 e. The number of aliphatic hydroxyl groups excluding tert-OH is 8. The van der Waals surface area contributed by atoms with Crippen molar-refractivity contribution in [3.63, 3.8) is 0 Å². The molecule has 0 radical (unpaired) electrons. The molecule has 15 atom stereocenters. The lowest BCUT2D eigenvalue weighted by atomic mass is 9.79. The van der Waals surface area contributed by atoms with E-state index in [9.17, 15) is 40.9 Å². The van der Waals surface area contributed by atoms with Crippen molar-refractivity contribution in [3.05, 3.63) is 97.7 Å². The molecule has 8 aliphatic rings. The van der Waals surface area contributed by atoms with Gasteiger partial charge >= 0.3 is 0 Å². The fourth-order valence-corrected chi connectivity index (χ4v) is 14.9. The Hall–Kier alpha value is -2.40. The average Bonchev–Trinajstić information content (AvgIpc) is 3.51. The molecule has 0 aliphatic heterocycles. The Morgan fingerprint density at radius 2 is 0.784 bits per heavy atom. The minimum absolute atomic E-state index is 0.0172. The molecule has 8 rings (SSSR count). The second-order valence-corrected chi connectivity index (χ2v) is 30.0. The van der Waals surface area contributed by atoms with Gasteiger partial charge < -0.3 is 40.9 Å².